The third-order valence-corrected chi connectivity index (χ3v) is 4.47. The average molecular weight is 329 g/mol. The number of rotatable bonds is 6. The van der Waals surface area contributed by atoms with Crippen molar-refractivity contribution in [3.63, 3.8) is 0 Å². The van der Waals surface area contributed by atoms with E-state index in [1.54, 1.807) is 7.05 Å². The van der Waals surface area contributed by atoms with Gasteiger partial charge in [-0.05, 0) is 29.4 Å². The summed E-state index contributed by atoms with van der Waals surface area (Å²) < 4.78 is 0. The van der Waals surface area contributed by atoms with E-state index in [1.165, 1.54) is 30.6 Å². The Morgan fingerprint density at radius 3 is 2.38 bits per heavy atom. The highest BCUT2D eigenvalue weighted by Gasteiger charge is 2.21. The van der Waals surface area contributed by atoms with Gasteiger partial charge in [-0.25, -0.2) is 0 Å². The Kier molecular flexibility index (Phi) is 7.32. The summed E-state index contributed by atoms with van der Waals surface area (Å²) in [6.45, 7) is 13.4. The Bertz CT molecular complexity index is 525. The van der Waals surface area contributed by atoms with Gasteiger partial charge in [-0.1, -0.05) is 44.2 Å². The molecule has 1 aliphatic rings. The van der Waals surface area contributed by atoms with Crippen LogP contribution in [0, 0.1) is 11.8 Å². The van der Waals surface area contributed by atoms with Crippen LogP contribution in [0.25, 0.3) is 0 Å². The summed E-state index contributed by atoms with van der Waals surface area (Å²) in [6, 6.07) is 8.92. The highest BCUT2D eigenvalue weighted by atomic mass is 15.2. The third-order valence-electron chi connectivity index (χ3n) is 4.47. The summed E-state index contributed by atoms with van der Waals surface area (Å²) in [7, 11) is 1.78. The van der Waals surface area contributed by atoms with E-state index in [4.69, 9.17) is 0 Å². The van der Waals surface area contributed by atoms with Gasteiger partial charge in [0.1, 0.15) is 0 Å². The van der Waals surface area contributed by atoms with Crippen molar-refractivity contribution in [2.24, 2.45) is 16.8 Å². The molecule has 1 aromatic carbocycles. The number of nitrogens with one attached hydrogen (secondary N) is 2. The first-order valence-corrected chi connectivity index (χ1v) is 8.96. The summed E-state index contributed by atoms with van der Waals surface area (Å²) in [5.74, 6) is 2.43. The van der Waals surface area contributed by atoms with Crippen molar-refractivity contribution in [2.75, 3.05) is 26.7 Å². The lowest BCUT2D eigenvalue weighted by atomic mass is 9.91. The standard InChI is InChI=1S/C20H32N4/c1-5-10-22-20(21-4)23-12-18-6-8-19(9-7-18)15-24-13-16(2)11-17(3)14-24/h5-9,16-17H,1,10-15H2,2-4H3,(H2,21,22,23). The van der Waals surface area contributed by atoms with E-state index in [1.807, 2.05) is 6.08 Å². The lowest BCUT2D eigenvalue weighted by molar-refractivity contribution is 0.134. The van der Waals surface area contributed by atoms with Gasteiger partial charge in [-0.3, -0.25) is 9.89 Å². The Morgan fingerprint density at radius 1 is 1.17 bits per heavy atom. The number of benzene rings is 1. The molecule has 0 bridgehead atoms. The molecule has 132 valence electrons. The Hall–Kier alpha value is -1.81. The summed E-state index contributed by atoms with van der Waals surface area (Å²) in [4.78, 5) is 6.78. The van der Waals surface area contributed by atoms with Crippen LogP contribution >= 0.6 is 0 Å². The van der Waals surface area contributed by atoms with Crippen molar-refractivity contribution in [2.45, 2.75) is 33.4 Å². The molecule has 0 amide bonds. The molecule has 1 fully saturated rings. The molecule has 0 spiro atoms. The molecule has 1 aliphatic heterocycles. The lowest BCUT2D eigenvalue weighted by Crippen LogP contribution is -2.38. The van der Waals surface area contributed by atoms with Crippen LogP contribution in [0.4, 0.5) is 0 Å². The second kappa shape index (κ2) is 9.48. The number of hydrogen-bond acceptors (Lipinski definition) is 2. The van der Waals surface area contributed by atoms with Gasteiger partial charge in [0.2, 0.25) is 0 Å². The maximum Gasteiger partial charge on any atom is 0.191 e. The van der Waals surface area contributed by atoms with E-state index in [2.05, 4.69) is 65.2 Å². The predicted molar refractivity (Wildman–Crippen MR) is 103 cm³/mol. The van der Waals surface area contributed by atoms with E-state index in [0.717, 1.165) is 30.9 Å². The molecule has 1 saturated heterocycles. The molecule has 2 atom stereocenters. The minimum Gasteiger partial charge on any atom is -0.353 e. The molecule has 0 aliphatic carbocycles. The number of likely N-dealkylation sites (tertiary alicyclic amines) is 1. The highest BCUT2D eigenvalue weighted by Crippen LogP contribution is 2.22. The molecule has 0 saturated carbocycles. The normalized spacial score (nSPS) is 22.2. The lowest BCUT2D eigenvalue weighted by Gasteiger charge is -2.35. The number of guanidine groups is 1. The minimum absolute atomic E-state index is 0.714. The molecule has 0 radical (unpaired) electrons. The summed E-state index contributed by atoms with van der Waals surface area (Å²) >= 11 is 0. The number of piperidine rings is 1. The first kappa shape index (κ1) is 18.5. The second-order valence-corrected chi connectivity index (χ2v) is 7.05. The molecular formula is C20H32N4. The number of nitrogens with zero attached hydrogens (tertiary/aromatic N) is 2. The molecule has 4 nitrogen and oxygen atoms in total. The van der Waals surface area contributed by atoms with Crippen molar-refractivity contribution in [3.8, 4) is 0 Å². The topological polar surface area (TPSA) is 39.7 Å². The van der Waals surface area contributed by atoms with E-state index in [9.17, 15) is 0 Å². The van der Waals surface area contributed by atoms with Gasteiger partial charge in [0.15, 0.2) is 5.96 Å². The third kappa shape index (κ3) is 6.00. The van der Waals surface area contributed by atoms with Crippen molar-refractivity contribution in [3.05, 3.63) is 48.0 Å². The largest absolute Gasteiger partial charge is 0.353 e. The molecule has 1 heterocycles. The first-order valence-electron chi connectivity index (χ1n) is 8.96. The maximum absolute atomic E-state index is 4.19. The van der Waals surface area contributed by atoms with Crippen molar-refractivity contribution >= 4 is 5.96 Å². The first-order chi connectivity index (χ1) is 11.6. The van der Waals surface area contributed by atoms with Crippen LogP contribution in [-0.2, 0) is 13.1 Å². The number of aliphatic imine (C=N–C) groups is 1. The van der Waals surface area contributed by atoms with Gasteiger partial charge in [0.05, 0.1) is 0 Å². The molecule has 2 unspecified atom stereocenters. The van der Waals surface area contributed by atoms with Crippen molar-refractivity contribution in [1.29, 1.82) is 0 Å². The van der Waals surface area contributed by atoms with Gasteiger partial charge in [0.25, 0.3) is 0 Å². The Morgan fingerprint density at radius 2 is 1.79 bits per heavy atom. The van der Waals surface area contributed by atoms with Crippen LogP contribution in [0.5, 0.6) is 0 Å². The monoisotopic (exact) mass is 328 g/mol. The zero-order valence-electron chi connectivity index (χ0n) is 15.4. The van der Waals surface area contributed by atoms with Crippen molar-refractivity contribution < 1.29 is 0 Å². The molecule has 4 heteroatoms. The predicted octanol–water partition coefficient (Wildman–Crippen LogP) is 3.02. The molecule has 2 rings (SSSR count). The molecule has 1 aromatic rings. The van der Waals surface area contributed by atoms with Gasteiger partial charge in [0, 0.05) is 39.8 Å². The van der Waals surface area contributed by atoms with E-state index >= 15 is 0 Å². The minimum atomic E-state index is 0.714. The quantitative estimate of drug-likeness (QED) is 0.479. The Balaban J connectivity index is 1.83. The molecular weight excluding hydrogens is 296 g/mol. The fraction of sp³-hybridized carbons (Fsp3) is 0.550. The summed E-state index contributed by atoms with van der Waals surface area (Å²) in [5.41, 5.74) is 2.66. The molecule has 2 N–H and O–H groups in total. The smallest absolute Gasteiger partial charge is 0.191 e. The van der Waals surface area contributed by atoms with E-state index in [0.29, 0.717) is 6.54 Å². The van der Waals surface area contributed by atoms with Crippen molar-refractivity contribution in [1.82, 2.24) is 15.5 Å². The molecule has 0 aromatic heterocycles. The zero-order valence-corrected chi connectivity index (χ0v) is 15.4. The molecule has 24 heavy (non-hydrogen) atoms. The van der Waals surface area contributed by atoms with Gasteiger partial charge < -0.3 is 10.6 Å². The average Bonchev–Trinajstić information content (AvgIpc) is 2.55. The summed E-state index contributed by atoms with van der Waals surface area (Å²) in [5, 5.41) is 6.49. The number of hydrogen-bond donors (Lipinski definition) is 2. The SMILES string of the molecule is C=CCNC(=NC)NCc1ccc(CN2CC(C)CC(C)C2)cc1. The Labute approximate surface area is 147 Å². The maximum atomic E-state index is 4.19. The zero-order chi connectivity index (χ0) is 17.4. The van der Waals surface area contributed by atoms with Crippen LogP contribution in [-0.4, -0.2) is 37.5 Å². The van der Waals surface area contributed by atoms with Crippen LogP contribution < -0.4 is 10.6 Å². The van der Waals surface area contributed by atoms with Crippen LogP contribution in [0.2, 0.25) is 0 Å². The van der Waals surface area contributed by atoms with E-state index < -0.39 is 0 Å². The van der Waals surface area contributed by atoms with E-state index in [-0.39, 0.29) is 0 Å². The van der Waals surface area contributed by atoms with Crippen LogP contribution in [0.1, 0.15) is 31.4 Å². The van der Waals surface area contributed by atoms with Crippen LogP contribution in [0.15, 0.2) is 41.9 Å². The highest BCUT2D eigenvalue weighted by molar-refractivity contribution is 5.79. The fourth-order valence-electron chi connectivity index (χ4n) is 3.52. The summed E-state index contributed by atoms with van der Waals surface area (Å²) in [6.07, 6.45) is 3.19. The van der Waals surface area contributed by atoms with Gasteiger partial charge in [-0.2, -0.15) is 0 Å². The van der Waals surface area contributed by atoms with Gasteiger partial charge in [-0.15, -0.1) is 6.58 Å². The van der Waals surface area contributed by atoms with Crippen LogP contribution in [0.3, 0.4) is 0 Å². The fourth-order valence-corrected chi connectivity index (χ4v) is 3.52. The second-order valence-electron chi connectivity index (χ2n) is 7.05. The van der Waals surface area contributed by atoms with Gasteiger partial charge >= 0.3 is 0 Å².